The fourth-order valence-electron chi connectivity index (χ4n) is 4.07. The molecule has 0 spiro atoms. The van der Waals surface area contributed by atoms with Crippen LogP contribution in [0.4, 0.5) is 5.69 Å². The Hall–Kier alpha value is -3.06. The molecule has 2 aromatic rings. The van der Waals surface area contributed by atoms with E-state index < -0.39 is 5.92 Å². The van der Waals surface area contributed by atoms with Crippen LogP contribution in [0.15, 0.2) is 42.5 Å². The second-order valence-corrected chi connectivity index (χ2v) is 8.76. The highest BCUT2D eigenvalue weighted by atomic mass is 35.5. The topological polar surface area (TPSA) is 79.0 Å². The minimum atomic E-state index is -0.563. The summed E-state index contributed by atoms with van der Waals surface area (Å²) in [5, 5.41) is 3.20. The molecule has 1 heterocycles. The van der Waals surface area contributed by atoms with Crippen molar-refractivity contribution in [2.24, 2.45) is 5.92 Å². The van der Waals surface area contributed by atoms with Crippen LogP contribution in [-0.2, 0) is 9.59 Å². The van der Waals surface area contributed by atoms with Crippen molar-refractivity contribution in [1.82, 2.24) is 9.80 Å². The molecule has 0 bridgehead atoms. The first kappa shape index (κ1) is 24.6. The lowest BCUT2D eigenvalue weighted by Crippen LogP contribution is -2.33. The number of hydrogen-bond donors (Lipinski definition) is 1. The quantitative estimate of drug-likeness (QED) is 0.619. The molecule has 33 heavy (non-hydrogen) atoms. The Labute approximate surface area is 199 Å². The van der Waals surface area contributed by atoms with Crippen LogP contribution in [0.2, 0.25) is 5.02 Å². The zero-order chi connectivity index (χ0) is 24.1. The molecule has 7 nitrogen and oxygen atoms in total. The van der Waals surface area contributed by atoms with Gasteiger partial charge in [-0.1, -0.05) is 37.1 Å². The number of nitrogens with one attached hydrogen (secondary N) is 1. The number of anilines is 1. The van der Waals surface area contributed by atoms with Crippen molar-refractivity contribution >= 4 is 35.0 Å². The third-order valence-corrected chi connectivity index (χ3v) is 6.18. The summed E-state index contributed by atoms with van der Waals surface area (Å²) in [7, 11) is 4.87. The van der Waals surface area contributed by atoms with Crippen LogP contribution < -0.4 is 10.1 Å². The standard InChI is InChI=1S/C25H30ClN3O4/c1-5-6-13-29-22(30)15-20(23(29)16-7-10-18(33-4)11-8-16)24(31)27-17-9-12-21(26)19(14-17)25(32)28(2)3/h7-12,14,20,23H,5-6,13,15H2,1-4H3,(H,27,31). The number of rotatable bonds is 8. The van der Waals surface area contributed by atoms with Gasteiger partial charge < -0.3 is 19.9 Å². The summed E-state index contributed by atoms with van der Waals surface area (Å²) in [6, 6.07) is 11.9. The van der Waals surface area contributed by atoms with Crippen molar-refractivity contribution in [1.29, 1.82) is 0 Å². The van der Waals surface area contributed by atoms with E-state index in [1.807, 2.05) is 24.3 Å². The molecule has 2 atom stereocenters. The fourth-order valence-corrected chi connectivity index (χ4v) is 4.27. The Balaban J connectivity index is 1.89. The minimum Gasteiger partial charge on any atom is -0.497 e. The van der Waals surface area contributed by atoms with Crippen LogP contribution in [0.5, 0.6) is 5.75 Å². The molecule has 0 aliphatic carbocycles. The van der Waals surface area contributed by atoms with Gasteiger partial charge in [0, 0.05) is 32.7 Å². The summed E-state index contributed by atoms with van der Waals surface area (Å²) in [4.78, 5) is 41.8. The highest BCUT2D eigenvalue weighted by molar-refractivity contribution is 6.34. The molecule has 1 saturated heterocycles. The molecule has 1 fully saturated rings. The lowest BCUT2D eigenvalue weighted by Gasteiger charge is -2.28. The van der Waals surface area contributed by atoms with Gasteiger partial charge in [0.2, 0.25) is 11.8 Å². The normalized spacial score (nSPS) is 17.7. The van der Waals surface area contributed by atoms with E-state index in [1.54, 1.807) is 44.3 Å². The number of carbonyl (C=O) groups is 3. The van der Waals surface area contributed by atoms with E-state index >= 15 is 0 Å². The molecular weight excluding hydrogens is 442 g/mol. The summed E-state index contributed by atoms with van der Waals surface area (Å²) in [5.74, 6) is -0.415. The number of halogens is 1. The van der Waals surface area contributed by atoms with Crippen LogP contribution in [-0.4, -0.2) is 55.3 Å². The molecule has 0 saturated carbocycles. The van der Waals surface area contributed by atoms with Gasteiger partial charge in [-0.2, -0.15) is 0 Å². The first-order valence-electron chi connectivity index (χ1n) is 11.0. The molecule has 3 rings (SSSR count). The predicted molar refractivity (Wildman–Crippen MR) is 129 cm³/mol. The van der Waals surface area contributed by atoms with E-state index in [0.717, 1.165) is 18.4 Å². The Bertz CT molecular complexity index is 1020. The maximum Gasteiger partial charge on any atom is 0.254 e. The molecule has 1 aliphatic heterocycles. The van der Waals surface area contributed by atoms with Gasteiger partial charge in [0.25, 0.3) is 5.91 Å². The average Bonchev–Trinajstić information content (AvgIpc) is 3.14. The highest BCUT2D eigenvalue weighted by Gasteiger charge is 2.44. The molecule has 8 heteroatoms. The lowest BCUT2D eigenvalue weighted by molar-refractivity contribution is -0.129. The van der Waals surface area contributed by atoms with E-state index in [-0.39, 0.29) is 30.2 Å². The second-order valence-electron chi connectivity index (χ2n) is 8.35. The third kappa shape index (κ3) is 5.47. The van der Waals surface area contributed by atoms with Gasteiger partial charge in [-0.25, -0.2) is 0 Å². The Morgan fingerprint density at radius 1 is 1.18 bits per heavy atom. The van der Waals surface area contributed by atoms with Gasteiger partial charge in [0.05, 0.1) is 29.7 Å². The largest absolute Gasteiger partial charge is 0.497 e. The number of ether oxygens (including phenoxy) is 1. The Morgan fingerprint density at radius 2 is 1.88 bits per heavy atom. The third-order valence-electron chi connectivity index (χ3n) is 5.85. The lowest BCUT2D eigenvalue weighted by atomic mass is 9.92. The molecule has 0 aromatic heterocycles. The van der Waals surface area contributed by atoms with Gasteiger partial charge >= 0.3 is 0 Å². The van der Waals surface area contributed by atoms with E-state index in [1.165, 1.54) is 4.90 Å². The zero-order valence-corrected chi connectivity index (χ0v) is 20.2. The van der Waals surface area contributed by atoms with Crippen molar-refractivity contribution in [2.75, 3.05) is 33.1 Å². The fraction of sp³-hybridized carbons (Fsp3) is 0.400. The van der Waals surface area contributed by atoms with Crippen LogP contribution in [0.25, 0.3) is 0 Å². The molecule has 0 radical (unpaired) electrons. The van der Waals surface area contributed by atoms with Crippen LogP contribution >= 0.6 is 11.6 Å². The summed E-state index contributed by atoms with van der Waals surface area (Å²) < 4.78 is 5.25. The highest BCUT2D eigenvalue weighted by Crippen LogP contribution is 2.39. The van der Waals surface area contributed by atoms with Crippen molar-refractivity contribution in [3.63, 3.8) is 0 Å². The van der Waals surface area contributed by atoms with E-state index in [2.05, 4.69) is 12.2 Å². The number of methoxy groups -OCH3 is 1. The first-order valence-corrected chi connectivity index (χ1v) is 11.4. The number of amides is 3. The van der Waals surface area contributed by atoms with Crippen LogP contribution in [0.1, 0.15) is 48.1 Å². The van der Waals surface area contributed by atoms with Gasteiger partial charge in [-0.15, -0.1) is 0 Å². The van der Waals surface area contributed by atoms with E-state index in [0.29, 0.717) is 28.6 Å². The van der Waals surface area contributed by atoms with Crippen LogP contribution in [0.3, 0.4) is 0 Å². The number of carbonyl (C=O) groups excluding carboxylic acids is 3. The number of likely N-dealkylation sites (tertiary alicyclic amines) is 1. The summed E-state index contributed by atoms with van der Waals surface area (Å²) in [6.45, 7) is 2.67. The monoisotopic (exact) mass is 471 g/mol. The van der Waals surface area contributed by atoms with Crippen molar-refractivity contribution < 1.29 is 19.1 Å². The van der Waals surface area contributed by atoms with Gasteiger partial charge in [0.15, 0.2) is 0 Å². The maximum absolute atomic E-state index is 13.3. The number of benzene rings is 2. The molecule has 1 N–H and O–H groups in total. The van der Waals surface area contributed by atoms with Gasteiger partial charge in [-0.05, 0) is 42.3 Å². The number of hydrogen-bond acceptors (Lipinski definition) is 4. The van der Waals surface area contributed by atoms with Gasteiger partial charge in [0.1, 0.15) is 5.75 Å². The SMILES string of the molecule is CCCCN1C(=O)CC(C(=O)Nc2ccc(Cl)c(C(=O)N(C)C)c2)C1c1ccc(OC)cc1. The second kappa shape index (κ2) is 10.7. The molecule has 2 unspecified atom stereocenters. The molecular formula is C25H30ClN3O4. The predicted octanol–water partition coefficient (Wildman–Crippen LogP) is 4.38. The maximum atomic E-state index is 13.3. The molecule has 2 aromatic carbocycles. The molecule has 1 aliphatic rings. The van der Waals surface area contributed by atoms with E-state index in [9.17, 15) is 14.4 Å². The first-order chi connectivity index (χ1) is 15.8. The summed E-state index contributed by atoms with van der Waals surface area (Å²) >= 11 is 6.19. The molecule has 3 amide bonds. The minimum absolute atomic E-state index is 0.0380. The average molecular weight is 472 g/mol. The zero-order valence-electron chi connectivity index (χ0n) is 19.4. The summed E-state index contributed by atoms with van der Waals surface area (Å²) in [5.41, 5.74) is 1.65. The van der Waals surface area contributed by atoms with Crippen molar-refractivity contribution in [3.8, 4) is 5.75 Å². The number of unbranched alkanes of at least 4 members (excludes halogenated alkanes) is 1. The number of nitrogens with zero attached hydrogens (tertiary/aromatic N) is 2. The van der Waals surface area contributed by atoms with Crippen LogP contribution in [0, 0.1) is 5.92 Å². The smallest absolute Gasteiger partial charge is 0.254 e. The Morgan fingerprint density at radius 3 is 2.48 bits per heavy atom. The Kier molecular flexibility index (Phi) is 7.97. The van der Waals surface area contributed by atoms with E-state index in [4.69, 9.17) is 16.3 Å². The molecule has 176 valence electrons. The van der Waals surface area contributed by atoms with Crippen molar-refractivity contribution in [2.45, 2.75) is 32.2 Å². The van der Waals surface area contributed by atoms with Gasteiger partial charge in [-0.3, -0.25) is 14.4 Å². The van der Waals surface area contributed by atoms with Crippen molar-refractivity contribution in [3.05, 3.63) is 58.6 Å². The summed E-state index contributed by atoms with van der Waals surface area (Å²) in [6.07, 6.45) is 1.94.